The van der Waals surface area contributed by atoms with E-state index in [2.05, 4.69) is 30.3 Å². The van der Waals surface area contributed by atoms with Crippen LogP contribution in [0.15, 0.2) is 30.3 Å². The molecule has 0 aliphatic carbocycles. The van der Waals surface area contributed by atoms with Crippen LogP contribution in [0.2, 0.25) is 0 Å². The third-order valence-corrected chi connectivity index (χ3v) is 3.21. The number of nitrogens with zero attached hydrogens (tertiary/aromatic N) is 3. The van der Waals surface area contributed by atoms with Crippen LogP contribution < -0.4 is 15.4 Å². The minimum absolute atomic E-state index is 0.182. The average Bonchev–Trinajstić information content (AvgIpc) is 2.55. The fourth-order valence-corrected chi connectivity index (χ4v) is 2.08. The number of aromatic nitrogens is 3. The molecule has 0 atom stereocenters. The molecule has 0 saturated heterocycles. The molecule has 29 heavy (non-hydrogen) atoms. The zero-order valence-corrected chi connectivity index (χ0v) is 15.7. The molecule has 0 bridgehead atoms. The van der Waals surface area contributed by atoms with Gasteiger partial charge in [0.25, 0.3) is 6.10 Å². The van der Waals surface area contributed by atoms with Gasteiger partial charge in [-0.1, -0.05) is 30.3 Å². The van der Waals surface area contributed by atoms with Crippen molar-refractivity contribution in [3.05, 3.63) is 35.9 Å². The van der Waals surface area contributed by atoms with Crippen molar-refractivity contribution in [3.63, 3.8) is 0 Å². The molecule has 160 valence electrons. The van der Waals surface area contributed by atoms with Crippen molar-refractivity contribution in [1.29, 1.82) is 0 Å². The van der Waals surface area contributed by atoms with Gasteiger partial charge < -0.3 is 15.4 Å². The third-order valence-electron chi connectivity index (χ3n) is 3.21. The van der Waals surface area contributed by atoms with Crippen LogP contribution in [0.25, 0.3) is 0 Å². The summed E-state index contributed by atoms with van der Waals surface area (Å²) in [7, 11) is 0. The first kappa shape index (κ1) is 22.5. The molecule has 6 nitrogen and oxygen atoms in total. The second-order valence-corrected chi connectivity index (χ2v) is 7.06. The average molecular weight is 423 g/mol. The number of nitrogens with one attached hydrogen (secondary N) is 2. The van der Waals surface area contributed by atoms with Crippen molar-refractivity contribution in [1.82, 2.24) is 15.0 Å². The van der Waals surface area contributed by atoms with Crippen molar-refractivity contribution in [3.8, 4) is 6.01 Å². The Morgan fingerprint density at radius 1 is 0.862 bits per heavy atom. The van der Waals surface area contributed by atoms with Gasteiger partial charge in [0.05, 0.1) is 0 Å². The highest BCUT2D eigenvalue weighted by Gasteiger charge is 2.59. The standard InChI is InChI=1S/C17H19F6N5O/c1-15(2,3)28-13-25-12(24-9-10-7-5-4-6-8-10)26-14(27-13)29-11(16(18,19)20)17(21,22)23/h4-8,11H,9H2,1-3H3,(H2,24,25,26,27,28). The summed E-state index contributed by atoms with van der Waals surface area (Å²) in [5, 5.41) is 5.50. The summed E-state index contributed by atoms with van der Waals surface area (Å²) in [6, 6.07) is 7.75. The number of hydrogen-bond donors (Lipinski definition) is 2. The van der Waals surface area contributed by atoms with Gasteiger partial charge in [0.15, 0.2) is 0 Å². The van der Waals surface area contributed by atoms with Gasteiger partial charge in [0, 0.05) is 12.1 Å². The lowest BCUT2D eigenvalue weighted by atomic mass is 10.1. The Morgan fingerprint density at radius 2 is 1.41 bits per heavy atom. The Morgan fingerprint density at radius 3 is 1.93 bits per heavy atom. The summed E-state index contributed by atoms with van der Waals surface area (Å²) in [5.41, 5.74) is 0.173. The van der Waals surface area contributed by atoms with E-state index in [-0.39, 0.29) is 18.4 Å². The van der Waals surface area contributed by atoms with E-state index >= 15 is 0 Å². The molecule has 0 unspecified atom stereocenters. The molecule has 12 heteroatoms. The second kappa shape index (κ2) is 8.29. The predicted molar refractivity (Wildman–Crippen MR) is 93.5 cm³/mol. The molecule has 0 aliphatic heterocycles. The lowest BCUT2D eigenvalue weighted by molar-refractivity contribution is -0.301. The molecular weight excluding hydrogens is 404 g/mol. The van der Waals surface area contributed by atoms with E-state index in [0.29, 0.717) is 0 Å². The monoisotopic (exact) mass is 423 g/mol. The Kier molecular flexibility index (Phi) is 6.43. The van der Waals surface area contributed by atoms with Gasteiger partial charge >= 0.3 is 18.4 Å². The van der Waals surface area contributed by atoms with Crippen molar-refractivity contribution < 1.29 is 31.1 Å². The van der Waals surface area contributed by atoms with Crippen LogP contribution >= 0.6 is 0 Å². The van der Waals surface area contributed by atoms with Crippen LogP contribution in [-0.2, 0) is 6.54 Å². The van der Waals surface area contributed by atoms with Gasteiger partial charge in [-0.2, -0.15) is 41.3 Å². The Bertz CT molecular complexity index is 791. The van der Waals surface area contributed by atoms with Gasteiger partial charge in [-0.25, -0.2) is 0 Å². The van der Waals surface area contributed by atoms with Gasteiger partial charge in [0.2, 0.25) is 11.9 Å². The molecule has 1 heterocycles. The van der Waals surface area contributed by atoms with Gasteiger partial charge in [-0.15, -0.1) is 0 Å². The molecule has 1 aromatic heterocycles. The van der Waals surface area contributed by atoms with Crippen molar-refractivity contribution in [2.24, 2.45) is 0 Å². The molecule has 2 rings (SSSR count). The largest absolute Gasteiger partial charge is 0.440 e. The number of anilines is 2. The summed E-state index contributed by atoms with van der Waals surface area (Å²) < 4.78 is 80.9. The van der Waals surface area contributed by atoms with Crippen LogP contribution in [0, 0.1) is 0 Å². The van der Waals surface area contributed by atoms with E-state index in [0.717, 1.165) is 5.56 Å². The molecule has 0 fully saturated rings. The number of benzene rings is 1. The number of rotatable bonds is 6. The number of halogens is 6. The smallest absolute Gasteiger partial charge is 0.434 e. The highest BCUT2D eigenvalue weighted by Crippen LogP contribution is 2.36. The minimum Gasteiger partial charge on any atom is -0.440 e. The Balaban J connectivity index is 2.33. The van der Waals surface area contributed by atoms with E-state index in [1.807, 2.05) is 0 Å². The molecule has 0 radical (unpaired) electrons. The molecule has 0 amide bonds. The topological polar surface area (TPSA) is 72.0 Å². The normalized spacial score (nSPS) is 12.8. The van der Waals surface area contributed by atoms with Crippen LogP contribution in [0.1, 0.15) is 26.3 Å². The maximum Gasteiger partial charge on any atom is 0.434 e. The van der Waals surface area contributed by atoms with Gasteiger partial charge in [-0.3, -0.25) is 0 Å². The second-order valence-electron chi connectivity index (χ2n) is 7.06. The molecular formula is C17H19F6N5O. The number of ether oxygens (including phenoxy) is 1. The summed E-state index contributed by atoms with van der Waals surface area (Å²) in [6.07, 6.45) is -15.5. The fraction of sp³-hybridized carbons (Fsp3) is 0.471. The summed E-state index contributed by atoms with van der Waals surface area (Å²) in [5.74, 6) is -0.477. The highest BCUT2D eigenvalue weighted by atomic mass is 19.4. The number of hydrogen-bond acceptors (Lipinski definition) is 6. The van der Waals surface area contributed by atoms with Crippen LogP contribution in [0.5, 0.6) is 6.01 Å². The third kappa shape index (κ3) is 7.27. The zero-order chi connectivity index (χ0) is 21.9. The van der Waals surface area contributed by atoms with Crippen LogP contribution in [0.4, 0.5) is 38.2 Å². The number of alkyl halides is 6. The SMILES string of the molecule is CC(C)(C)Nc1nc(NCc2ccccc2)nc(OC(C(F)(F)F)C(F)(F)F)n1. The Hall–Kier alpha value is -2.79. The van der Waals surface area contributed by atoms with Crippen molar-refractivity contribution in [2.75, 3.05) is 10.6 Å². The van der Waals surface area contributed by atoms with Crippen molar-refractivity contribution in [2.45, 2.75) is 51.3 Å². The highest BCUT2D eigenvalue weighted by molar-refractivity contribution is 5.38. The molecule has 1 aromatic carbocycles. The minimum atomic E-state index is -5.69. The summed E-state index contributed by atoms with van der Waals surface area (Å²) in [6.45, 7) is 5.31. The van der Waals surface area contributed by atoms with Crippen LogP contribution in [-0.4, -0.2) is 38.9 Å². The molecule has 2 N–H and O–H groups in total. The van der Waals surface area contributed by atoms with E-state index < -0.39 is 30.0 Å². The lowest BCUT2D eigenvalue weighted by Gasteiger charge is -2.24. The lowest BCUT2D eigenvalue weighted by Crippen LogP contribution is -2.47. The first-order valence-electron chi connectivity index (χ1n) is 8.36. The predicted octanol–water partition coefficient (Wildman–Crippen LogP) is 4.57. The fourth-order valence-electron chi connectivity index (χ4n) is 2.08. The molecule has 0 aliphatic rings. The zero-order valence-electron chi connectivity index (χ0n) is 15.7. The van der Waals surface area contributed by atoms with E-state index in [9.17, 15) is 26.3 Å². The van der Waals surface area contributed by atoms with Crippen LogP contribution in [0.3, 0.4) is 0 Å². The van der Waals surface area contributed by atoms with Gasteiger partial charge in [0.1, 0.15) is 0 Å². The summed E-state index contributed by atoms with van der Waals surface area (Å²) in [4.78, 5) is 11.1. The van der Waals surface area contributed by atoms with Gasteiger partial charge in [-0.05, 0) is 26.3 Å². The molecule has 0 spiro atoms. The molecule has 0 saturated carbocycles. The maximum atomic E-state index is 12.8. The first-order chi connectivity index (χ1) is 13.2. The van der Waals surface area contributed by atoms with E-state index in [4.69, 9.17) is 0 Å². The quantitative estimate of drug-likeness (QED) is 0.664. The maximum absolute atomic E-state index is 12.8. The summed E-state index contributed by atoms with van der Waals surface area (Å²) >= 11 is 0. The first-order valence-corrected chi connectivity index (χ1v) is 8.36. The van der Waals surface area contributed by atoms with E-state index in [1.54, 1.807) is 51.1 Å². The molecule has 2 aromatic rings. The Labute approximate surface area is 162 Å². The van der Waals surface area contributed by atoms with E-state index in [1.165, 1.54) is 0 Å². The van der Waals surface area contributed by atoms with Crippen molar-refractivity contribution >= 4 is 11.9 Å².